The maximum Gasteiger partial charge on any atom is 0.271 e. The topological polar surface area (TPSA) is 107 Å². The van der Waals surface area contributed by atoms with E-state index in [9.17, 15) is 14.0 Å². The summed E-state index contributed by atoms with van der Waals surface area (Å²) in [6.45, 7) is 4.54. The SMILES string of the molecule is CCOc1cc(/C=N/NC(=O)c2ccc(OCc3ccccc3)c(OCC)c2)ccc1OCC(=O)Nc1ccc(F)cc1. The Morgan fingerprint density at radius 2 is 1.44 bits per heavy atom. The second-order valence-electron chi connectivity index (χ2n) is 9.05. The minimum Gasteiger partial charge on any atom is -0.490 e. The van der Waals surface area contributed by atoms with E-state index in [4.69, 9.17) is 18.9 Å². The Bertz CT molecular complexity index is 1540. The zero-order chi connectivity index (χ0) is 30.4. The molecule has 10 heteroatoms. The molecule has 0 aliphatic heterocycles. The van der Waals surface area contributed by atoms with Crippen LogP contribution in [0, 0.1) is 5.82 Å². The molecular weight excluding hydrogens is 553 g/mol. The first kappa shape index (κ1) is 30.6. The monoisotopic (exact) mass is 585 g/mol. The average molecular weight is 586 g/mol. The van der Waals surface area contributed by atoms with Crippen LogP contribution in [0.1, 0.15) is 35.3 Å². The Morgan fingerprint density at radius 3 is 2.16 bits per heavy atom. The summed E-state index contributed by atoms with van der Waals surface area (Å²) in [5.41, 5.74) is 4.96. The summed E-state index contributed by atoms with van der Waals surface area (Å²) in [6.07, 6.45) is 1.46. The van der Waals surface area contributed by atoms with Gasteiger partial charge in [-0.05, 0) is 85.6 Å². The van der Waals surface area contributed by atoms with Gasteiger partial charge in [0.15, 0.2) is 29.6 Å². The number of nitrogens with one attached hydrogen (secondary N) is 2. The van der Waals surface area contributed by atoms with Gasteiger partial charge in [0, 0.05) is 11.3 Å². The van der Waals surface area contributed by atoms with Crippen LogP contribution in [-0.4, -0.2) is 37.8 Å². The van der Waals surface area contributed by atoms with E-state index < -0.39 is 17.6 Å². The van der Waals surface area contributed by atoms with Crippen molar-refractivity contribution in [1.29, 1.82) is 0 Å². The van der Waals surface area contributed by atoms with E-state index in [0.717, 1.165) is 5.56 Å². The lowest BCUT2D eigenvalue weighted by atomic mass is 10.2. The summed E-state index contributed by atoms with van der Waals surface area (Å²) in [7, 11) is 0. The molecule has 0 spiro atoms. The highest BCUT2D eigenvalue weighted by molar-refractivity contribution is 5.95. The lowest BCUT2D eigenvalue weighted by molar-refractivity contribution is -0.118. The lowest BCUT2D eigenvalue weighted by Gasteiger charge is -2.13. The van der Waals surface area contributed by atoms with Gasteiger partial charge < -0.3 is 24.3 Å². The Labute approximate surface area is 249 Å². The van der Waals surface area contributed by atoms with E-state index in [-0.39, 0.29) is 6.61 Å². The van der Waals surface area contributed by atoms with E-state index in [0.29, 0.717) is 59.6 Å². The second-order valence-corrected chi connectivity index (χ2v) is 9.05. The summed E-state index contributed by atoms with van der Waals surface area (Å²) in [6, 6.07) is 25.1. The summed E-state index contributed by atoms with van der Waals surface area (Å²) < 4.78 is 36.0. The van der Waals surface area contributed by atoms with Crippen LogP contribution in [0.25, 0.3) is 0 Å². The number of hydrazone groups is 1. The zero-order valence-corrected chi connectivity index (χ0v) is 23.8. The molecule has 4 rings (SSSR count). The predicted molar refractivity (Wildman–Crippen MR) is 162 cm³/mol. The highest BCUT2D eigenvalue weighted by Crippen LogP contribution is 2.30. The summed E-state index contributed by atoms with van der Waals surface area (Å²) in [5, 5.41) is 6.70. The van der Waals surface area contributed by atoms with Crippen molar-refractivity contribution >= 4 is 23.7 Å². The molecule has 2 N–H and O–H groups in total. The Kier molecular flexibility index (Phi) is 11.1. The first-order valence-electron chi connectivity index (χ1n) is 13.7. The van der Waals surface area contributed by atoms with Crippen molar-refractivity contribution in [3.63, 3.8) is 0 Å². The number of hydrogen-bond acceptors (Lipinski definition) is 7. The normalized spacial score (nSPS) is 10.7. The maximum absolute atomic E-state index is 13.1. The molecule has 9 nitrogen and oxygen atoms in total. The lowest BCUT2D eigenvalue weighted by Crippen LogP contribution is -2.20. The van der Waals surface area contributed by atoms with E-state index >= 15 is 0 Å². The maximum atomic E-state index is 13.1. The van der Waals surface area contributed by atoms with Gasteiger partial charge in [-0.25, -0.2) is 9.82 Å². The van der Waals surface area contributed by atoms with Crippen LogP contribution in [0.3, 0.4) is 0 Å². The van der Waals surface area contributed by atoms with Crippen LogP contribution in [0.2, 0.25) is 0 Å². The van der Waals surface area contributed by atoms with Crippen molar-refractivity contribution in [3.8, 4) is 23.0 Å². The molecular formula is C33H32FN3O6. The quantitative estimate of drug-likeness (QED) is 0.139. The Morgan fingerprint density at radius 1 is 0.767 bits per heavy atom. The van der Waals surface area contributed by atoms with Crippen molar-refractivity contribution < 1.29 is 32.9 Å². The van der Waals surface area contributed by atoms with Gasteiger partial charge in [-0.2, -0.15) is 5.10 Å². The van der Waals surface area contributed by atoms with Gasteiger partial charge in [0.05, 0.1) is 19.4 Å². The van der Waals surface area contributed by atoms with Gasteiger partial charge in [0.2, 0.25) is 0 Å². The van der Waals surface area contributed by atoms with E-state index in [2.05, 4.69) is 15.8 Å². The van der Waals surface area contributed by atoms with Crippen LogP contribution in [0.5, 0.6) is 23.0 Å². The van der Waals surface area contributed by atoms with E-state index in [1.165, 1.54) is 30.5 Å². The third kappa shape index (κ3) is 9.32. The van der Waals surface area contributed by atoms with Crippen molar-refractivity contribution in [2.45, 2.75) is 20.5 Å². The first-order chi connectivity index (χ1) is 20.9. The predicted octanol–water partition coefficient (Wildman–Crippen LogP) is 5.98. The summed E-state index contributed by atoms with van der Waals surface area (Å²) >= 11 is 0. The van der Waals surface area contributed by atoms with Crippen LogP contribution < -0.4 is 29.7 Å². The third-order valence-electron chi connectivity index (χ3n) is 5.88. The first-order valence-corrected chi connectivity index (χ1v) is 13.7. The Balaban J connectivity index is 1.35. The molecule has 4 aromatic rings. The Hall–Kier alpha value is -5.38. The van der Waals surface area contributed by atoms with E-state index in [1.54, 1.807) is 36.4 Å². The molecule has 0 saturated carbocycles. The molecule has 0 radical (unpaired) electrons. The highest BCUT2D eigenvalue weighted by atomic mass is 19.1. The van der Waals surface area contributed by atoms with Crippen LogP contribution in [-0.2, 0) is 11.4 Å². The van der Waals surface area contributed by atoms with Gasteiger partial charge in [0.25, 0.3) is 11.8 Å². The molecule has 0 atom stereocenters. The molecule has 0 aliphatic carbocycles. The van der Waals surface area contributed by atoms with Crippen LogP contribution in [0.4, 0.5) is 10.1 Å². The second kappa shape index (κ2) is 15.6. The number of halogens is 1. The fraction of sp³-hybridized carbons (Fsp3) is 0.182. The summed E-state index contributed by atoms with van der Waals surface area (Å²) in [5.74, 6) is 0.515. The van der Waals surface area contributed by atoms with Crippen LogP contribution >= 0.6 is 0 Å². The van der Waals surface area contributed by atoms with Gasteiger partial charge in [-0.1, -0.05) is 30.3 Å². The molecule has 2 amide bonds. The molecule has 0 aliphatic rings. The standard InChI is InChI=1S/C33H32FN3O6/c1-3-40-30-18-24(10-16-28(30)43-22-32(38)36-27-14-12-26(34)13-15-27)20-35-37-33(39)25-11-17-29(31(19-25)41-4-2)42-21-23-8-6-5-7-9-23/h5-20H,3-4,21-22H2,1-2H3,(H,36,38)(H,37,39)/b35-20+. The molecule has 0 aromatic heterocycles. The van der Waals surface area contributed by atoms with Crippen molar-refractivity contribution in [2.75, 3.05) is 25.1 Å². The molecule has 0 heterocycles. The fourth-order valence-corrected chi connectivity index (χ4v) is 3.87. The average Bonchev–Trinajstić information content (AvgIpc) is 3.02. The van der Waals surface area contributed by atoms with Crippen molar-refractivity contribution in [1.82, 2.24) is 5.43 Å². The molecule has 0 fully saturated rings. The zero-order valence-electron chi connectivity index (χ0n) is 23.8. The number of rotatable bonds is 14. The molecule has 43 heavy (non-hydrogen) atoms. The number of amides is 2. The van der Waals surface area contributed by atoms with Crippen molar-refractivity contribution in [2.24, 2.45) is 5.10 Å². The number of carbonyl (C=O) groups is 2. The number of ether oxygens (including phenoxy) is 4. The molecule has 4 aromatic carbocycles. The van der Waals surface area contributed by atoms with Crippen molar-refractivity contribution in [3.05, 3.63) is 114 Å². The smallest absolute Gasteiger partial charge is 0.271 e. The number of hydrogen-bond donors (Lipinski definition) is 2. The fourth-order valence-electron chi connectivity index (χ4n) is 3.87. The molecule has 0 bridgehead atoms. The molecule has 0 unspecified atom stereocenters. The number of nitrogens with zero attached hydrogens (tertiary/aromatic N) is 1. The number of carbonyl (C=O) groups excluding carboxylic acids is 2. The van der Waals surface area contributed by atoms with Crippen LogP contribution in [0.15, 0.2) is 96.1 Å². The minimum atomic E-state index is -0.427. The largest absolute Gasteiger partial charge is 0.490 e. The highest BCUT2D eigenvalue weighted by Gasteiger charge is 2.13. The minimum absolute atomic E-state index is 0.277. The van der Waals surface area contributed by atoms with E-state index in [1.807, 2.05) is 44.2 Å². The number of benzene rings is 4. The van der Waals surface area contributed by atoms with Gasteiger partial charge >= 0.3 is 0 Å². The summed E-state index contributed by atoms with van der Waals surface area (Å²) in [4.78, 5) is 25.0. The van der Waals surface area contributed by atoms with Gasteiger partial charge in [-0.3, -0.25) is 9.59 Å². The number of anilines is 1. The van der Waals surface area contributed by atoms with Gasteiger partial charge in [0.1, 0.15) is 12.4 Å². The van der Waals surface area contributed by atoms with Gasteiger partial charge in [-0.15, -0.1) is 0 Å². The molecule has 222 valence electrons. The molecule has 0 saturated heterocycles. The third-order valence-corrected chi connectivity index (χ3v) is 5.88.